The smallest absolute Gasteiger partial charge is 0.475 e. The first-order valence-electron chi connectivity index (χ1n) is 6.17. The van der Waals surface area contributed by atoms with E-state index in [0.29, 0.717) is 10.9 Å². The third-order valence-corrected chi connectivity index (χ3v) is 3.55. The summed E-state index contributed by atoms with van der Waals surface area (Å²) in [6.07, 6.45) is -2.75. The van der Waals surface area contributed by atoms with Gasteiger partial charge < -0.3 is 10.4 Å². The first-order chi connectivity index (χ1) is 9.71. The van der Waals surface area contributed by atoms with Crippen LogP contribution in [0.25, 0.3) is 0 Å². The third kappa shape index (κ3) is 6.11. The predicted molar refractivity (Wildman–Crippen MR) is 75.0 cm³/mol. The Labute approximate surface area is 130 Å². The number of carboxylic acids is 1. The van der Waals surface area contributed by atoms with Crippen molar-refractivity contribution >= 4 is 29.2 Å². The van der Waals surface area contributed by atoms with Crippen LogP contribution in [0.15, 0.2) is 18.2 Å². The molecule has 0 radical (unpaired) electrons. The van der Waals surface area contributed by atoms with Gasteiger partial charge in [-0.05, 0) is 49.5 Å². The number of carboxylic acid groups (broad SMARTS) is 1. The summed E-state index contributed by atoms with van der Waals surface area (Å²) in [7, 11) is 0. The average molecular weight is 344 g/mol. The molecule has 0 amide bonds. The van der Waals surface area contributed by atoms with Crippen LogP contribution in [0.2, 0.25) is 10.0 Å². The fourth-order valence-electron chi connectivity index (χ4n) is 1.97. The molecule has 0 bridgehead atoms. The van der Waals surface area contributed by atoms with Gasteiger partial charge in [-0.1, -0.05) is 29.3 Å². The molecule has 0 aromatic heterocycles. The zero-order chi connectivity index (χ0) is 16.0. The fourth-order valence-corrected chi connectivity index (χ4v) is 2.53. The maximum atomic E-state index is 10.6. The summed E-state index contributed by atoms with van der Waals surface area (Å²) in [4.78, 5) is 8.90. The van der Waals surface area contributed by atoms with E-state index >= 15 is 0 Å². The number of hydrogen-bond donors (Lipinski definition) is 2. The number of rotatable bonds is 1. The Kier molecular flexibility index (Phi) is 6.77. The molecule has 2 N–H and O–H groups in total. The Morgan fingerprint density at radius 1 is 1.24 bits per heavy atom. The average Bonchev–Trinajstić information content (AvgIpc) is 2.39. The molecular formula is C13H14Cl2F3NO2. The molecule has 21 heavy (non-hydrogen) atoms. The number of halogens is 5. The topological polar surface area (TPSA) is 49.3 Å². The van der Waals surface area contributed by atoms with Crippen molar-refractivity contribution in [1.82, 2.24) is 5.32 Å². The Morgan fingerprint density at radius 3 is 2.19 bits per heavy atom. The van der Waals surface area contributed by atoms with Crippen molar-refractivity contribution < 1.29 is 23.1 Å². The van der Waals surface area contributed by atoms with Crippen molar-refractivity contribution in [2.24, 2.45) is 0 Å². The molecule has 0 spiro atoms. The molecule has 1 aliphatic rings. The van der Waals surface area contributed by atoms with Crippen molar-refractivity contribution in [1.29, 1.82) is 0 Å². The molecule has 1 fully saturated rings. The molecule has 118 valence electrons. The maximum absolute atomic E-state index is 10.6. The van der Waals surface area contributed by atoms with Gasteiger partial charge in [0.05, 0.1) is 0 Å². The van der Waals surface area contributed by atoms with E-state index in [4.69, 9.17) is 33.1 Å². The van der Waals surface area contributed by atoms with Gasteiger partial charge in [-0.3, -0.25) is 0 Å². The highest BCUT2D eigenvalue weighted by atomic mass is 35.5. The number of benzene rings is 1. The quantitative estimate of drug-likeness (QED) is 0.807. The molecule has 1 aromatic rings. The number of piperidine rings is 1. The number of carbonyl (C=O) groups is 1. The molecule has 8 heteroatoms. The first-order valence-corrected chi connectivity index (χ1v) is 6.93. The number of nitrogens with one attached hydrogen (secondary N) is 1. The van der Waals surface area contributed by atoms with E-state index < -0.39 is 12.1 Å². The van der Waals surface area contributed by atoms with Crippen LogP contribution in [0.3, 0.4) is 0 Å². The summed E-state index contributed by atoms with van der Waals surface area (Å²) in [6.45, 7) is 2.17. The van der Waals surface area contributed by atoms with E-state index in [1.807, 2.05) is 12.1 Å². The molecule has 0 aliphatic carbocycles. The van der Waals surface area contributed by atoms with E-state index in [9.17, 15) is 13.2 Å². The summed E-state index contributed by atoms with van der Waals surface area (Å²) >= 11 is 12.0. The third-order valence-electron chi connectivity index (χ3n) is 2.98. The molecular weight excluding hydrogens is 330 g/mol. The Balaban J connectivity index is 0.000000270. The van der Waals surface area contributed by atoms with E-state index in [-0.39, 0.29) is 0 Å². The molecule has 0 saturated carbocycles. The standard InChI is InChI=1S/C11H13Cl2N.C2HF3O2/c12-9-1-2-10(11(13)7-9)8-3-5-14-6-4-8;3-2(4,5)1(6)7/h1-2,7-8,14H,3-6H2;(H,6,7). The number of aliphatic carboxylic acids is 1. The molecule has 1 saturated heterocycles. The minimum absolute atomic E-state index is 0.598. The zero-order valence-corrected chi connectivity index (χ0v) is 12.4. The van der Waals surface area contributed by atoms with Crippen LogP contribution in [0, 0.1) is 0 Å². The van der Waals surface area contributed by atoms with E-state index in [2.05, 4.69) is 11.4 Å². The van der Waals surface area contributed by atoms with Crippen LogP contribution in [0.5, 0.6) is 0 Å². The van der Waals surface area contributed by atoms with Crippen molar-refractivity contribution in [3.05, 3.63) is 33.8 Å². The highest BCUT2D eigenvalue weighted by molar-refractivity contribution is 6.35. The maximum Gasteiger partial charge on any atom is 0.490 e. The lowest BCUT2D eigenvalue weighted by molar-refractivity contribution is -0.192. The minimum atomic E-state index is -5.08. The van der Waals surface area contributed by atoms with Crippen LogP contribution >= 0.6 is 23.2 Å². The van der Waals surface area contributed by atoms with Gasteiger partial charge in [0.25, 0.3) is 0 Å². The normalized spacial score (nSPS) is 16.0. The van der Waals surface area contributed by atoms with Crippen molar-refractivity contribution in [3.8, 4) is 0 Å². The first kappa shape index (κ1) is 18.1. The second-order valence-corrected chi connectivity index (χ2v) is 5.34. The summed E-state index contributed by atoms with van der Waals surface area (Å²) in [6, 6.07) is 5.81. The Bertz CT molecular complexity index is 489. The second kappa shape index (κ2) is 7.87. The molecule has 0 atom stereocenters. The molecule has 3 nitrogen and oxygen atoms in total. The van der Waals surface area contributed by atoms with E-state index in [1.54, 1.807) is 0 Å². The Morgan fingerprint density at radius 2 is 1.76 bits per heavy atom. The van der Waals surface area contributed by atoms with Crippen LogP contribution in [-0.2, 0) is 4.79 Å². The molecule has 0 unspecified atom stereocenters. The second-order valence-electron chi connectivity index (χ2n) is 4.49. The Hall–Kier alpha value is -0.980. The SMILES string of the molecule is Clc1ccc(C2CCNCC2)c(Cl)c1.O=C(O)C(F)(F)F. The molecule has 1 heterocycles. The van der Waals surface area contributed by atoms with Gasteiger partial charge in [0, 0.05) is 10.0 Å². The lowest BCUT2D eigenvalue weighted by Crippen LogP contribution is -2.26. The van der Waals surface area contributed by atoms with Crippen LogP contribution < -0.4 is 5.32 Å². The van der Waals surface area contributed by atoms with Gasteiger partial charge in [0.2, 0.25) is 0 Å². The van der Waals surface area contributed by atoms with E-state index in [1.165, 1.54) is 18.4 Å². The van der Waals surface area contributed by atoms with Crippen molar-refractivity contribution in [2.45, 2.75) is 24.9 Å². The largest absolute Gasteiger partial charge is 0.490 e. The summed E-state index contributed by atoms with van der Waals surface area (Å²) in [5, 5.41) is 12.0. The molecule has 1 aromatic carbocycles. The monoisotopic (exact) mass is 343 g/mol. The number of hydrogen-bond acceptors (Lipinski definition) is 2. The fraction of sp³-hybridized carbons (Fsp3) is 0.462. The molecule has 1 aliphatic heterocycles. The lowest BCUT2D eigenvalue weighted by atomic mass is 9.90. The van der Waals surface area contributed by atoms with Crippen LogP contribution in [0.1, 0.15) is 24.3 Å². The van der Waals surface area contributed by atoms with Gasteiger partial charge in [-0.15, -0.1) is 0 Å². The van der Waals surface area contributed by atoms with Crippen LogP contribution in [-0.4, -0.2) is 30.3 Å². The predicted octanol–water partition coefficient (Wildman–Crippen LogP) is 4.09. The lowest BCUT2D eigenvalue weighted by Gasteiger charge is -2.23. The summed E-state index contributed by atoms with van der Waals surface area (Å²) in [5.74, 6) is -2.16. The molecule has 2 rings (SSSR count). The minimum Gasteiger partial charge on any atom is -0.475 e. The van der Waals surface area contributed by atoms with Crippen molar-refractivity contribution in [2.75, 3.05) is 13.1 Å². The van der Waals surface area contributed by atoms with Gasteiger partial charge in [-0.2, -0.15) is 13.2 Å². The highest BCUT2D eigenvalue weighted by Gasteiger charge is 2.38. The van der Waals surface area contributed by atoms with E-state index in [0.717, 1.165) is 18.1 Å². The summed E-state index contributed by atoms with van der Waals surface area (Å²) in [5.41, 5.74) is 1.25. The number of alkyl halides is 3. The van der Waals surface area contributed by atoms with Gasteiger partial charge in [0.1, 0.15) is 0 Å². The van der Waals surface area contributed by atoms with Crippen LogP contribution in [0.4, 0.5) is 13.2 Å². The van der Waals surface area contributed by atoms with Crippen molar-refractivity contribution in [3.63, 3.8) is 0 Å². The van der Waals surface area contributed by atoms with Gasteiger partial charge in [-0.25, -0.2) is 4.79 Å². The summed E-state index contributed by atoms with van der Waals surface area (Å²) < 4.78 is 31.7. The van der Waals surface area contributed by atoms with Gasteiger partial charge >= 0.3 is 12.1 Å². The van der Waals surface area contributed by atoms with Gasteiger partial charge in [0.15, 0.2) is 0 Å². The zero-order valence-electron chi connectivity index (χ0n) is 10.9. The highest BCUT2D eigenvalue weighted by Crippen LogP contribution is 2.32.